The lowest BCUT2D eigenvalue weighted by molar-refractivity contribution is 0.103. The smallest absolute Gasteiger partial charge is 0.189 e. The standard InChI is InChI=1S/C33H40O8/c1-5-27(34)23-11-13-25(31-29(23)38-19-7-15-36-17-9-21-40-31)33(3,4)26-14-12-24(28(35)6-2)30-32(26)41-22-10-18-37-16-8-20-39-30/h5-6,11-14H,1-2,7-10,15-22H2,3-4H3. The summed E-state index contributed by atoms with van der Waals surface area (Å²) in [6.45, 7) is 15.2. The van der Waals surface area contributed by atoms with Crippen molar-refractivity contribution < 1.29 is 38.0 Å². The van der Waals surface area contributed by atoms with Crippen LogP contribution in [0, 0.1) is 0 Å². The molecule has 0 unspecified atom stereocenters. The molecule has 0 bridgehead atoms. The molecule has 0 N–H and O–H groups in total. The van der Waals surface area contributed by atoms with Gasteiger partial charge in [0.25, 0.3) is 0 Å². The first-order chi connectivity index (χ1) is 19.9. The van der Waals surface area contributed by atoms with Crippen molar-refractivity contribution in [2.24, 2.45) is 0 Å². The fourth-order valence-electron chi connectivity index (χ4n) is 4.98. The molecule has 2 aliphatic rings. The maximum atomic E-state index is 12.9. The lowest BCUT2D eigenvalue weighted by Crippen LogP contribution is -2.24. The number of rotatable bonds is 6. The predicted octanol–water partition coefficient (Wildman–Crippen LogP) is 5.89. The summed E-state index contributed by atoms with van der Waals surface area (Å²) in [7, 11) is 0. The van der Waals surface area contributed by atoms with Gasteiger partial charge < -0.3 is 28.4 Å². The van der Waals surface area contributed by atoms with E-state index in [0.29, 0.717) is 113 Å². The molecule has 0 fully saturated rings. The molecule has 0 atom stereocenters. The Morgan fingerprint density at radius 3 is 1.27 bits per heavy atom. The van der Waals surface area contributed by atoms with Gasteiger partial charge in [-0.1, -0.05) is 39.1 Å². The topological polar surface area (TPSA) is 89.5 Å². The summed E-state index contributed by atoms with van der Waals surface area (Å²) in [4.78, 5) is 25.7. The second-order valence-corrected chi connectivity index (χ2v) is 10.4. The van der Waals surface area contributed by atoms with Crippen molar-refractivity contribution in [1.82, 2.24) is 0 Å². The number of hydrogen-bond donors (Lipinski definition) is 0. The van der Waals surface area contributed by atoms with Crippen LogP contribution in [0.4, 0.5) is 0 Å². The Bertz CT molecular complexity index is 1170. The Balaban J connectivity index is 1.91. The number of allylic oxidation sites excluding steroid dienone is 2. The average molecular weight is 565 g/mol. The fraction of sp³-hybridized carbons (Fsp3) is 0.455. The predicted molar refractivity (Wildman–Crippen MR) is 156 cm³/mol. The molecule has 8 heteroatoms. The van der Waals surface area contributed by atoms with Crippen LogP contribution >= 0.6 is 0 Å². The highest BCUT2D eigenvalue weighted by Gasteiger charge is 2.36. The molecule has 0 saturated carbocycles. The first-order valence-electron chi connectivity index (χ1n) is 14.2. The van der Waals surface area contributed by atoms with Gasteiger partial charge in [-0.3, -0.25) is 9.59 Å². The Morgan fingerprint density at radius 1 is 0.585 bits per heavy atom. The molecule has 0 spiro atoms. The van der Waals surface area contributed by atoms with Gasteiger partial charge in [0.2, 0.25) is 0 Å². The van der Waals surface area contributed by atoms with E-state index in [9.17, 15) is 9.59 Å². The zero-order chi connectivity index (χ0) is 29.2. The second-order valence-electron chi connectivity index (χ2n) is 10.4. The Hall–Kier alpha value is -3.62. The minimum absolute atomic E-state index is 0.250. The summed E-state index contributed by atoms with van der Waals surface area (Å²) < 4.78 is 36.5. The van der Waals surface area contributed by atoms with Crippen LogP contribution in [0.1, 0.15) is 71.4 Å². The molecular formula is C33H40O8. The summed E-state index contributed by atoms with van der Waals surface area (Å²) in [6, 6.07) is 7.30. The van der Waals surface area contributed by atoms with Crippen molar-refractivity contribution in [2.45, 2.75) is 44.9 Å². The molecule has 0 radical (unpaired) electrons. The van der Waals surface area contributed by atoms with E-state index in [1.807, 2.05) is 12.1 Å². The third kappa shape index (κ3) is 7.00. The highest BCUT2D eigenvalue weighted by atomic mass is 16.5. The van der Waals surface area contributed by atoms with Crippen LogP contribution in [0.15, 0.2) is 49.6 Å². The lowest BCUT2D eigenvalue weighted by Gasteiger charge is -2.32. The molecule has 2 heterocycles. The molecule has 2 aromatic carbocycles. The summed E-state index contributed by atoms with van der Waals surface area (Å²) in [5.74, 6) is 1.27. The van der Waals surface area contributed by atoms with Crippen LogP contribution < -0.4 is 18.9 Å². The Labute approximate surface area is 242 Å². The SMILES string of the molecule is C=CC(=O)c1ccc(C(C)(C)c2ccc(C(=O)C=C)c3c2OCCCOCCCO3)c2c1OCCCOCCCO2. The van der Waals surface area contributed by atoms with Crippen molar-refractivity contribution in [3.63, 3.8) is 0 Å². The second kappa shape index (κ2) is 14.3. The van der Waals surface area contributed by atoms with E-state index in [4.69, 9.17) is 28.4 Å². The highest BCUT2D eigenvalue weighted by Crippen LogP contribution is 2.49. The summed E-state index contributed by atoms with van der Waals surface area (Å²) in [5, 5.41) is 0. The Morgan fingerprint density at radius 2 is 0.927 bits per heavy atom. The van der Waals surface area contributed by atoms with E-state index in [1.165, 1.54) is 12.2 Å². The third-order valence-electron chi connectivity index (χ3n) is 7.19. The van der Waals surface area contributed by atoms with Gasteiger partial charge in [-0.05, 0) is 24.3 Å². The van der Waals surface area contributed by atoms with Gasteiger partial charge in [-0.2, -0.15) is 0 Å². The first-order valence-corrected chi connectivity index (χ1v) is 14.2. The fourth-order valence-corrected chi connectivity index (χ4v) is 4.98. The molecule has 41 heavy (non-hydrogen) atoms. The number of carbonyl (C=O) groups excluding carboxylic acids is 2. The number of carbonyl (C=O) groups is 2. The van der Waals surface area contributed by atoms with Crippen molar-refractivity contribution in [3.8, 4) is 23.0 Å². The minimum Gasteiger partial charge on any atom is -0.489 e. The van der Waals surface area contributed by atoms with Crippen molar-refractivity contribution in [3.05, 3.63) is 71.8 Å². The van der Waals surface area contributed by atoms with Gasteiger partial charge in [0.15, 0.2) is 34.6 Å². The van der Waals surface area contributed by atoms with E-state index >= 15 is 0 Å². The zero-order valence-electron chi connectivity index (χ0n) is 24.1. The lowest BCUT2D eigenvalue weighted by atomic mass is 9.76. The van der Waals surface area contributed by atoms with E-state index in [-0.39, 0.29) is 11.6 Å². The van der Waals surface area contributed by atoms with E-state index in [2.05, 4.69) is 27.0 Å². The van der Waals surface area contributed by atoms with Gasteiger partial charge in [-0.25, -0.2) is 0 Å². The van der Waals surface area contributed by atoms with Crippen LogP contribution in [0.5, 0.6) is 23.0 Å². The first kappa shape index (κ1) is 30.3. The minimum atomic E-state index is -0.722. The van der Waals surface area contributed by atoms with Gasteiger partial charge in [0.05, 0.1) is 37.6 Å². The molecule has 2 aromatic rings. The maximum absolute atomic E-state index is 12.9. The van der Waals surface area contributed by atoms with Crippen LogP contribution in [0.2, 0.25) is 0 Å². The van der Waals surface area contributed by atoms with Gasteiger partial charge in [0, 0.05) is 68.7 Å². The van der Waals surface area contributed by atoms with Crippen molar-refractivity contribution >= 4 is 11.6 Å². The molecule has 220 valence electrons. The summed E-state index contributed by atoms with van der Waals surface area (Å²) in [6.07, 6.45) is 5.28. The quantitative estimate of drug-likeness (QED) is 0.317. The number of ketones is 2. The van der Waals surface area contributed by atoms with Crippen LogP contribution in [-0.2, 0) is 14.9 Å². The molecule has 2 aliphatic heterocycles. The molecule has 0 saturated heterocycles. The monoisotopic (exact) mass is 564 g/mol. The van der Waals surface area contributed by atoms with E-state index in [1.54, 1.807) is 12.1 Å². The normalized spacial score (nSPS) is 16.8. The third-order valence-corrected chi connectivity index (χ3v) is 7.19. The van der Waals surface area contributed by atoms with Crippen molar-refractivity contribution in [1.29, 1.82) is 0 Å². The van der Waals surface area contributed by atoms with E-state index in [0.717, 1.165) is 11.1 Å². The van der Waals surface area contributed by atoms with Gasteiger partial charge in [-0.15, -0.1) is 0 Å². The van der Waals surface area contributed by atoms with Gasteiger partial charge in [0.1, 0.15) is 0 Å². The molecule has 0 aromatic heterocycles. The summed E-state index contributed by atoms with van der Waals surface area (Å²) >= 11 is 0. The number of fused-ring (bicyclic) bond motifs is 2. The maximum Gasteiger partial charge on any atom is 0.189 e. The molecule has 0 amide bonds. The van der Waals surface area contributed by atoms with Crippen LogP contribution in [0.3, 0.4) is 0 Å². The number of hydrogen-bond acceptors (Lipinski definition) is 8. The highest BCUT2D eigenvalue weighted by molar-refractivity contribution is 6.07. The summed E-state index contributed by atoms with van der Waals surface area (Å²) in [5.41, 5.74) is 1.67. The number of benzene rings is 2. The average Bonchev–Trinajstić information content (AvgIpc) is 3.07. The molecule has 4 rings (SSSR count). The van der Waals surface area contributed by atoms with Crippen LogP contribution in [0.25, 0.3) is 0 Å². The Kier molecular flexibility index (Phi) is 10.6. The molecular weight excluding hydrogens is 524 g/mol. The van der Waals surface area contributed by atoms with E-state index < -0.39 is 5.41 Å². The van der Waals surface area contributed by atoms with Crippen molar-refractivity contribution in [2.75, 3.05) is 52.9 Å². The van der Waals surface area contributed by atoms with Gasteiger partial charge >= 0.3 is 0 Å². The molecule has 8 nitrogen and oxygen atoms in total. The number of ether oxygens (including phenoxy) is 6. The molecule has 0 aliphatic carbocycles. The zero-order valence-corrected chi connectivity index (χ0v) is 24.1. The largest absolute Gasteiger partial charge is 0.489 e. The van der Waals surface area contributed by atoms with Crippen LogP contribution in [-0.4, -0.2) is 64.4 Å².